The number of benzene rings is 1. The lowest BCUT2D eigenvalue weighted by Crippen LogP contribution is -2.36. The number of carbonyl (C=O) groups excluding carboxylic acids is 3. The van der Waals surface area contributed by atoms with Gasteiger partial charge in [0.25, 0.3) is 15.7 Å². The molecular weight excluding hydrogens is 517 g/mol. The molecule has 10 nitrogen and oxygen atoms in total. The summed E-state index contributed by atoms with van der Waals surface area (Å²) >= 11 is 0. The van der Waals surface area contributed by atoms with Crippen LogP contribution in [0.1, 0.15) is 38.2 Å². The normalized spacial score (nSPS) is 16.9. The zero-order chi connectivity index (χ0) is 27.0. The van der Waals surface area contributed by atoms with Gasteiger partial charge in [0.2, 0.25) is 0 Å². The zero-order valence-electron chi connectivity index (χ0n) is 19.6. The molecule has 1 saturated heterocycles. The zero-order valence-corrected chi connectivity index (χ0v) is 20.4. The number of unbranched alkanes of at least 4 members (excludes halogenated alkanes) is 1. The van der Waals surface area contributed by atoms with E-state index < -0.39 is 43.8 Å². The molecular formula is C23H23F3N4O6S. The second-order valence-electron chi connectivity index (χ2n) is 8.63. The fourth-order valence-electron chi connectivity index (χ4n) is 3.97. The number of alkyl halides is 3. The monoisotopic (exact) mass is 540 g/mol. The van der Waals surface area contributed by atoms with E-state index >= 15 is 0 Å². The number of halogens is 3. The van der Waals surface area contributed by atoms with Crippen molar-refractivity contribution in [2.24, 2.45) is 0 Å². The highest BCUT2D eigenvalue weighted by Gasteiger charge is 2.65. The summed E-state index contributed by atoms with van der Waals surface area (Å²) in [5.41, 5.74) is -5.89. The summed E-state index contributed by atoms with van der Waals surface area (Å²) in [6.07, 6.45) is 4.44. The molecule has 4 amide bonds. The van der Waals surface area contributed by atoms with Gasteiger partial charge in [-0.3, -0.25) is 15.1 Å². The molecule has 2 fully saturated rings. The van der Waals surface area contributed by atoms with E-state index in [0.717, 1.165) is 23.5 Å². The number of hydrogen-bond acceptors (Lipinski definition) is 7. The van der Waals surface area contributed by atoms with Gasteiger partial charge in [-0.15, -0.1) is 0 Å². The molecule has 14 heteroatoms. The minimum absolute atomic E-state index is 0.0579. The van der Waals surface area contributed by atoms with Crippen LogP contribution in [0.5, 0.6) is 0 Å². The molecule has 37 heavy (non-hydrogen) atoms. The molecule has 2 aromatic rings. The van der Waals surface area contributed by atoms with E-state index in [-0.39, 0.29) is 18.8 Å². The topological polar surface area (TPSA) is 126 Å². The fraction of sp³-hybridized carbons (Fsp3) is 0.391. The number of rotatable bonds is 8. The summed E-state index contributed by atoms with van der Waals surface area (Å²) in [5, 5.41) is 2.58. The van der Waals surface area contributed by atoms with Crippen LogP contribution in [0.3, 0.4) is 0 Å². The molecule has 1 aliphatic carbocycles. The Bertz CT molecular complexity index is 1330. The van der Waals surface area contributed by atoms with Crippen LogP contribution in [-0.2, 0) is 25.9 Å². The summed E-state index contributed by atoms with van der Waals surface area (Å²) in [4.78, 5) is 43.8. The van der Waals surface area contributed by atoms with Gasteiger partial charge in [-0.1, -0.05) is 13.3 Å². The highest BCUT2D eigenvalue weighted by Crippen LogP contribution is 2.50. The highest BCUT2D eigenvalue weighted by molar-refractivity contribution is 7.92. The van der Waals surface area contributed by atoms with Crippen molar-refractivity contribution in [1.29, 1.82) is 0 Å². The predicted molar refractivity (Wildman–Crippen MR) is 124 cm³/mol. The molecule has 198 valence electrons. The maximum absolute atomic E-state index is 13.3. The largest absolute Gasteiger partial charge is 0.501 e. The van der Waals surface area contributed by atoms with Gasteiger partial charge in [-0.05, 0) is 55.2 Å². The first-order valence-corrected chi connectivity index (χ1v) is 12.8. The molecule has 1 aromatic heterocycles. The molecule has 1 N–H and O–H groups in total. The predicted octanol–water partition coefficient (Wildman–Crippen LogP) is 4.23. The van der Waals surface area contributed by atoms with Gasteiger partial charge < -0.3 is 9.64 Å². The second-order valence-corrected chi connectivity index (χ2v) is 10.6. The molecule has 1 aromatic carbocycles. The van der Waals surface area contributed by atoms with Crippen LogP contribution in [0, 0.1) is 0 Å². The average molecular weight is 541 g/mol. The third-order valence-electron chi connectivity index (χ3n) is 6.18. The van der Waals surface area contributed by atoms with Crippen LogP contribution in [0.25, 0.3) is 0 Å². The van der Waals surface area contributed by atoms with Crippen molar-refractivity contribution in [2.45, 2.75) is 55.1 Å². The number of urea groups is 1. The molecule has 1 saturated carbocycles. The Hall–Kier alpha value is -3.68. The molecule has 4 rings (SSSR count). The fourth-order valence-corrected chi connectivity index (χ4v) is 4.73. The number of anilines is 2. The van der Waals surface area contributed by atoms with Crippen LogP contribution in [0.15, 0.2) is 47.6 Å². The first-order valence-electron chi connectivity index (χ1n) is 11.4. The van der Waals surface area contributed by atoms with Crippen LogP contribution in [-0.4, -0.2) is 54.0 Å². The number of amides is 4. The Morgan fingerprint density at radius 1 is 1.16 bits per heavy atom. The van der Waals surface area contributed by atoms with Crippen LogP contribution >= 0.6 is 0 Å². The van der Waals surface area contributed by atoms with E-state index in [1.807, 2.05) is 6.92 Å². The van der Waals surface area contributed by atoms with Gasteiger partial charge >= 0.3 is 17.6 Å². The van der Waals surface area contributed by atoms with E-state index in [1.165, 1.54) is 17.3 Å². The maximum Gasteiger partial charge on any atom is 0.501 e. The quantitative estimate of drug-likeness (QED) is 0.392. The Labute approximate surface area is 210 Å². The van der Waals surface area contributed by atoms with Gasteiger partial charge in [0.05, 0.1) is 35.6 Å². The van der Waals surface area contributed by atoms with Crippen LogP contribution in [0.2, 0.25) is 0 Å². The summed E-state index contributed by atoms with van der Waals surface area (Å²) < 4.78 is 66.9. The lowest BCUT2D eigenvalue weighted by molar-refractivity contribution is -0.120. The number of hydrogen-bond donors (Lipinski definition) is 1. The van der Waals surface area contributed by atoms with Gasteiger partial charge in [0.1, 0.15) is 5.54 Å². The minimum Gasteiger partial charge on any atom is -0.449 e. The number of carbonyl (C=O) groups is 3. The van der Waals surface area contributed by atoms with Crippen LogP contribution in [0.4, 0.5) is 34.1 Å². The van der Waals surface area contributed by atoms with Crippen molar-refractivity contribution in [3.8, 4) is 0 Å². The van der Waals surface area contributed by atoms with Crippen molar-refractivity contribution in [3.05, 3.63) is 48.3 Å². The molecule has 0 bridgehead atoms. The van der Waals surface area contributed by atoms with Gasteiger partial charge in [0.15, 0.2) is 0 Å². The summed E-state index contributed by atoms with van der Waals surface area (Å²) in [6, 6.07) is 4.24. The molecule has 0 unspecified atom stereocenters. The molecule has 0 atom stereocenters. The van der Waals surface area contributed by atoms with Crippen molar-refractivity contribution < 1.29 is 40.7 Å². The first-order chi connectivity index (χ1) is 17.4. The average Bonchev–Trinajstić information content (AvgIpc) is 3.62. The third-order valence-corrected chi connectivity index (χ3v) is 7.68. The Balaban J connectivity index is 1.56. The SMILES string of the molecule is CCCCOC(=O)Nc1cnccc1CN1C(=O)N(c2ccc(S(=O)(=O)C(F)(F)F)cc2)C(=O)C12CC2. The minimum atomic E-state index is -5.58. The maximum atomic E-state index is 13.3. The lowest BCUT2D eigenvalue weighted by atomic mass is 10.1. The number of pyridine rings is 1. The summed E-state index contributed by atoms with van der Waals surface area (Å²) in [5.74, 6) is -0.563. The van der Waals surface area contributed by atoms with Crippen molar-refractivity contribution in [3.63, 3.8) is 0 Å². The van der Waals surface area contributed by atoms with E-state index in [1.54, 1.807) is 6.07 Å². The van der Waals surface area contributed by atoms with Gasteiger partial charge in [-0.25, -0.2) is 22.9 Å². The summed E-state index contributed by atoms with van der Waals surface area (Å²) in [7, 11) is -5.58. The number of imide groups is 1. The molecule has 1 spiro atoms. The molecule has 0 radical (unpaired) electrons. The highest BCUT2D eigenvalue weighted by atomic mass is 32.2. The van der Waals surface area contributed by atoms with Crippen molar-refractivity contribution in [2.75, 3.05) is 16.8 Å². The Morgan fingerprint density at radius 2 is 1.84 bits per heavy atom. The number of sulfone groups is 1. The van der Waals surface area contributed by atoms with E-state index in [9.17, 15) is 36.0 Å². The van der Waals surface area contributed by atoms with E-state index in [4.69, 9.17) is 4.74 Å². The van der Waals surface area contributed by atoms with E-state index in [2.05, 4.69) is 10.3 Å². The van der Waals surface area contributed by atoms with Crippen molar-refractivity contribution >= 4 is 39.2 Å². The smallest absolute Gasteiger partial charge is 0.449 e. The number of ether oxygens (including phenoxy) is 1. The van der Waals surface area contributed by atoms with E-state index in [0.29, 0.717) is 42.6 Å². The lowest BCUT2D eigenvalue weighted by Gasteiger charge is -2.22. The van der Waals surface area contributed by atoms with Crippen molar-refractivity contribution in [1.82, 2.24) is 9.88 Å². The second kappa shape index (κ2) is 9.65. The van der Waals surface area contributed by atoms with Crippen LogP contribution < -0.4 is 10.2 Å². The molecule has 2 aliphatic rings. The van der Waals surface area contributed by atoms with Gasteiger partial charge in [0, 0.05) is 6.20 Å². The number of nitrogens with zero attached hydrogens (tertiary/aromatic N) is 3. The third kappa shape index (κ3) is 4.84. The van der Waals surface area contributed by atoms with Gasteiger partial charge in [-0.2, -0.15) is 13.2 Å². The number of nitrogens with one attached hydrogen (secondary N) is 1. The Morgan fingerprint density at radius 3 is 2.43 bits per heavy atom. The standard InChI is InChI=1S/C23H23F3N4O6S/c1-2-3-12-36-20(32)28-18-13-27-11-8-15(18)14-29-21(33)30(19(31)22(29)9-10-22)16-4-6-17(7-5-16)37(34,35)23(24,25)26/h4-8,11,13H,2-3,9-10,12,14H2,1H3,(H,28,32). The Kier molecular flexibility index (Phi) is 6.88. The first kappa shape index (κ1) is 26.4. The summed E-state index contributed by atoms with van der Waals surface area (Å²) in [6.45, 7) is 2.12. The number of aromatic nitrogens is 1. The molecule has 1 aliphatic heterocycles. The molecule has 2 heterocycles.